The molecule has 0 spiro atoms. The second kappa shape index (κ2) is 11.6. The normalized spacial score (nSPS) is 10.5. The molecule has 0 unspecified atom stereocenters. The third-order valence-corrected chi connectivity index (χ3v) is 4.59. The van der Waals surface area contributed by atoms with Crippen LogP contribution in [0.1, 0.15) is 11.1 Å². The summed E-state index contributed by atoms with van der Waals surface area (Å²) in [5.74, 6) is 0.973. The fraction of sp³-hybridized carbons (Fsp3) is 0.261. The number of hydrogen-bond donors (Lipinski definition) is 2. The van der Waals surface area contributed by atoms with Crippen molar-refractivity contribution in [3.8, 4) is 0 Å². The summed E-state index contributed by atoms with van der Waals surface area (Å²) in [4.78, 5) is 22.2. The highest BCUT2D eigenvalue weighted by atomic mass is 19.1. The summed E-state index contributed by atoms with van der Waals surface area (Å²) in [6.45, 7) is 2.06. The van der Waals surface area contributed by atoms with Crippen LogP contribution < -0.4 is 15.5 Å². The van der Waals surface area contributed by atoms with Gasteiger partial charge < -0.3 is 20.3 Å². The molecule has 1 aromatic carbocycles. The lowest BCUT2D eigenvalue weighted by atomic mass is 10.1. The molecule has 0 aliphatic carbocycles. The monoisotopic (exact) mass is 423 g/mol. The highest BCUT2D eigenvalue weighted by Crippen LogP contribution is 2.26. The number of methoxy groups -OCH3 is 1. The molecule has 0 radical (unpaired) electrons. The SMILES string of the molecule is COCCNc1ccc(N(C=O)Cc2cccnc2)c(NCCc2cccc(F)c2)n1. The molecule has 0 aliphatic rings. The molecular formula is C23H26FN5O2. The summed E-state index contributed by atoms with van der Waals surface area (Å²) in [7, 11) is 1.64. The lowest BCUT2D eigenvalue weighted by Gasteiger charge is -2.21. The van der Waals surface area contributed by atoms with Crippen molar-refractivity contribution in [3.63, 3.8) is 0 Å². The minimum atomic E-state index is -0.260. The fourth-order valence-electron chi connectivity index (χ4n) is 3.08. The molecule has 2 N–H and O–H groups in total. The first-order valence-electron chi connectivity index (χ1n) is 10.0. The molecule has 162 valence electrons. The highest BCUT2D eigenvalue weighted by Gasteiger charge is 2.14. The molecule has 0 saturated carbocycles. The van der Waals surface area contributed by atoms with Crippen molar-refractivity contribution in [3.05, 3.63) is 77.9 Å². The minimum Gasteiger partial charge on any atom is -0.383 e. The van der Waals surface area contributed by atoms with Crippen LogP contribution in [0.5, 0.6) is 0 Å². The number of nitrogens with zero attached hydrogens (tertiary/aromatic N) is 3. The average Bonchev–Trinajstić information content (AvgIpc) is 2.79. The summed E-state index contributed by atoms with van der Waals surface area (Å²) >= 11 is 0. The van der Waals surface area contributed by atoms with E-state index in [1.165, 1.54) is 12.1 Å². The van der Waals surface area contributed by atoms with Crippen molar-refractivity contribution in [2.24, 2.45) is 0 Å². The van der Waals surface area contributed by atoms with E-state index in [-0.39, 0.29) is 5.82 Å². The average molecular weight is 423 g/mol. The summed E-state index contributed by atoms with van der Waals surface area (Å²) in [5, 5.41) is 6.48. The number of benzene rings is 1. The van der Waals surface area contributed by atoms with Crippen molar-refractivity contribution < 1.29 is 13.9 Å². The highest BCUT2D eigenvalue weighted by molar-refractivity contribution is 5.82. The van der Waals surface area contributed by atoms with Crippen molar-refractivity contribution in [1.82, 2.24) is 9.97 Å². The van der Waals surface area contributed by atoms with E-state index in [0.29, 0.717) is 50.0 Å². The molecule has 7 nitrogen and oxygen atoms in total. The Morgan fingerprint density at radius 1 is 1.10 bits per heavy atom. The topological polar surface area (TPSA) is 79.4 Å². The summed E-state index contributed by atoms with van der Waals surface area (Å²) in [6, 6.07) is 13.9. The zero-order chi connectivity index (χ0) is 21.9. The molecular weight excluding hydrogens is 397 g/mol. The fourth-order valence-corrected chi connectivity index (χ4v) is 3.08. The number of rotatable bonds is 12. The molecule has 3 rings (SSSR count). The third kappa shape index (κ3) is 6.75. The van der Waals surface area contributed by atoms with Crippen LogP contribution in [0, 0.1) is 5.82 Å². The Labute approximate surface area is 181 Å². The predicted octanol–water partition coefficient (Wildman–Crippen LogP) is 3.49. The van der Waals surface area contributed by atoms with Gasteiger partial charge in [0.1, 0.15) is 11.6 Å². The third-order valence-electron chi connectivity index (χ3n) is 4.59. The molecule has 3 aromatic rings. The number of amides is 1. The van der Waals surface area contributed by atoms with Gasteiger partial charge in [-0.3, -0.25) is 9.78 Å². The van der Waals surface area contributed by atoms with Crippen LogP contribution in [-0.2, 0) is 22.5 Å². The van der Waals surface area contributed by atoms with Crippen molar-refractivity contribution >= 4 is 23.7 Å². The maximum atomic E-state index is 13.4. The van der Waals surface area contributed by atoms with E-state index in [4.69, 9.17) is 4.74 Å². The van der Waals surface area contributed by atoms with Crippen LogP contribution >= 0.6 is 0 Å². The smallest absolute Gasteiger partial charge is 0.214 e. The molecule has 0 aliphatic heterocycles. The van der Waals surface area contributed by atoms with Gasteiger partial charge in [0.25, 0.3) is 0 Å². The van der Waals surface area contributed by atoms with Crippen LogP contribution in [0.2, 0.25) is 0 Å². The quantitative estimate of drug-likeness (QED) is 0.343. The van der Waals surface area contributed by atoms with Gasteiger partial charge in [-0.05, 0) is 47.9 Å². The van der Waals surface area contributed by atoms with E-state index < -0.39 is 0 Å². The van der Waals surface area contributed by atoms with E-state index in [1.54, 1.807) is 30.5 Å². The molecule has 0 fully saturated rings. The number of hydrogen-bond acceptors (Lipinski definition) is 6. The zero-order valence-corrected chi connectivity index (χ0v) is 17.4. The second-order valence-electron chi connectivity index (χ2n) is 6.89. The summed E-state index contributed by atoms with van der Waals surface area (Å²) in [5.41, 5.74) is 2.43. The van der Waals surface area contributed by atoms with Crippen molar-refractivity contribution in [2.75, 3.05) is 42.3 Å². The number of aromatic nitrogens is 2. The van der Waals surface area contributed by atoms with E-state index in [1.807, 2.05) is 30.3 Å². The van der Waals surface area contributed by atoms with Gasteiger partial charge in [-0.25, -0.2) is 9.37 Å². The lowest BCUT2D eigenvalue weighted by molar-refractivity contribution is -0.107. The molecule has 2 heterocycles. The number of carbonyl (C=O) groups is 1. The van der Waals surface area contributed by atoms with Gasteiger partial charge in [-0.2, -0.15) is 0 Å². The van der Waals surface area contributed by atoms with Gasteiger partial charge >= 0.3 is 0 Å². The van der Waals surface area contributed by atoms with Gasteiger partial charge in [0, 0.05) is 32.6 Å². The Kier molecular flexibility index (Phi) is 8.30. The predicted molar refractivity (Wildman–Crippen MR) is 120 cm³/mol. The van der Waals surface area contributed by atoms with Gasteiger partial charge in [0.05, 0.1) is 18.8 Å². The minimum absolute atomic E-state index is 0.260. The van der Waals surface area contributed by atoms with E-state index in [9.17, 15) is 9.18 Å². The number of pyridine rings is 2. The maximum Gasteiger partial charge on any atom is 0.214 e. The number of anilines is 3. The Morgan fingerprint density at radius 3 is 2.71 bits per heavy atom. The first-order chi connectivity index (χ1) is 15.2. The Morgan fingerprint density at radius 2 is 1.97 bits per heavy atom. The van der Waals surface area contributed by atoms with Crippen LogP contribution in [0.25, 0.3) is 0 Å². The van der Waals surface area contributed by atoms with E-state index in [2.05, 4.69) is 20.6 Å². The standard InChI is InChI=1S/C23H26FN5O2/c1-31-13-12-26-22-8-7-21(29(17-30)16-19-5-3-10-25-15-19)23(28-22)27-11-9-18-4-2-6-20(24)14-18/h2-8,10,14-15,17H,9,11-13,16H2,1H3,(H2,26,27,28). The van der Waals surface area contributed by atoms with Crippen LogP contribution in [-0.4, -0.2) is 43.2 Å². The molecule has 1 amide bonds. The molecule has 0 bridgehead atoms. The summed E-state index contributed by atoms with van der Waals surface area (Å²) < 4.78 is 18.5. The van der Waals surface area contributed by atoms with Crippen molar-refractivity contribution in [2.45, 2.75) is 13.0 Å². The van der Waals surface area contributed by atoms with E-state index >= 15 is 0 Å². The van der Waals surface area contributed by atoms with E-state index in [0.717, 1.165) is 17.5 Å². The molecule has 31 heavy (non-hydrogen) atoms. The zero-order valence-electron chi connectivity index (χ0n) is 17.4. The first-order valence-corrected chi connectivity index (χ1v) is 10.0. The molecule has 0 atom stereocenters. The van der Waals surface area contributed by atoms with Crippen LogP contribution in [0.4, 0.5) is 21.7 Å². The van der Waals surface area contributed by atoms with Gasteiger partial charge in [0.15, 0.2) is 5.82 Å². The van der Waals surface area contributed by atoms with Crippen LogP contribution in [0.3, 0.4) is 0 Å². The number of halogens is 1. The second-order valence-corrected chi connectivity index (χ2v) is 6.89. The van der Waals surface area contributed by atoms with Crippen molar-refractivity contribution in [1.29, 1.82) is 0 Å². The summed E-state index contributed by atoms with van der Waals surface area (Å²) in [6.07, 6.45) is 4.81. The Bertz CT molecular complexity index is 971. The lowest BCUT2D eigenvalue weighted by Crippen LogP contribution is -2.23. The molecule has 8 heteroatoms. The molecule has 2 aromatic heterocycles. The molecule has 0 saturated heterocycles. The van der Waals surface area contributed by atoms with Gasteiger partial charge in [0.2, 0.25) is 6.41 Å². The largest absolute Gasteiger partial charge is 0.383 e. The van der Waals surface area contributed by atoms with Gasteiger partial charge in [-0.1, -0.05) is 18.2 Å². The first kappa shape index (κ1) is 22.2. The number of ether oxygens (including phenoxy) is 1. The number of carbonyl (C=O) groups excluding carboxylic acids is 1. The Hall–Kier alpha value is -3.52. The number of nitrogens with one attached hydrogen (secondary N) is 2. The van der Waals surface area contributed by atoms with Gasteiger partial charge in [-0.15, -0.1) is 0 Å². The maximum absolute atomic E-state index is 13.4. The van der Waals surface area contributed by atoms with Crippen LogP contribution in [0.15, 0.2) is 60.9 Å². The Balaban J connectivity index is 1.77.